The molecule has 170 valence electrons. The minimum Gasteiger partial charge on any atom is -0.383 e. The zero-order valence-electron chi connectivity index (χ0n) is 18.9. The van der Waals surface area contributed by atoms with Gasteiger partial charge in [-0.25, -0.2) is 10.4 Å². The Hall–Kier alpha value is -2.94. The Balaban J connectivity index is 1.32. The lowest BCUT2D eigenvalue weighted by atomic mass is 10.1. The Kier molecular flexibility index (Phi) is 7.59. The van der Waals surface area contributed by atoms with Crippen molar-refractivity contribution in [2.24, 2.45) is 5.10 Å². The number of amides is 1. The van der Waals surface area contributed by atoms with E-state index in [2.05, 4.69) is 39.1 Å². The summed E-state index contributed by atoms with van der Waals surface area (Å²) in [6, 6.07) is 17.8. The van der Waals surface area contributed by atoms with Crippen LogP contribution in [0.5, 0.6) is 0 Å². The zero-order chi connectivity index (χ0) is 23.2. The number of carbonyl (C=O) groups excluding carboxylic acids is 1. The maximum atomic E-state index is 12.5. The Labute approximate surface area is 201 Å². The van der Waals surface area contributed by atoms with Crippen LogP contribution in [0.1, 0.15) is 32.9 Å². The van der Waals surface area contributed by atoms with Crippen LogP contribution in [0, 0.1) is 13.8 Å². The Morgan fingerprint density at radius 3 is 2.76 bits per heavy atom. The summed E-state index contributed by atoms with van der Waals surface area (Å²) in [6.07, 6.45) is 1.69. The van der Waals surface area contributed by atoms with Gasteiger partial charge >= 0.3 is 0 Å². The summed E-state index contributed by atoms with van der Waals surface area (Å²) in [5.74, 6) is 0.572. The molecule has 0 aliphatic rings. The Bertz CT molecular complexity index is 1240. The van der Waals surface area contributed by atoms with E-state index in [1.54, 1.807) is 36.4 Å². The number of benzene rings is 2. The molecule has 8 heteroatoms. The first-order valence-corrected chi connectivity index (χ1v) is 12.4. The van der Waals surface area contributed by atoms with E-state index in [0.29, 0.717) is 12.2 Å². The molecule has 0 aliphatic heterocycles. The van der Waals surface area contributed by atoms with Crippen molar-refractivity contribution in [2.75, 3.05) is 13.7 Å². The van der Waals surface area contributed by atoms with E-state index in [-0.39, 0.29) is 5.91 Å². The molecule has 0 saturated heterocycles. The van der Waals surface area contributed by atoms with Crippen LogP contribution in [0.2, 0.25) is 0 Å². The number of hydrogen-bond donors (Lipinski definition) is 1. The number of ether oxygens (including phenoxy) is 1. The van der Waals surface area contributed by atoms with Gasteiger partial charge in [-0.05, 0) is 49.7 Å². The van der Waals surface area contributed by atoms with Crippen LogP contribution in [0.3, 0.4) is 0 Å². The van der Waals surface area contributed by atoms with Gasteiger partial charge in [-0.3, -0.25) is 4.79 Å². The number of carbonyl (C=O) groups is 1. The number of methoxy groups -OCH3 is 1. The molecule has 2 aromatic carbocycles. The van der Waals surface area contributed by atoms with Gasteiger partial charge in [0.1, 0.15) is 0 Å². The molecule has 1 N–H and O–H groups in total. The molecule has 0 spiro atoms. The van der Waals surface area contributed by atoms with Crippen LogP contribution in [0.15, 0.2) is 64.0 Å². The van der Waals surface area contributed by atoms with E-state index >= 15 is 0 Å². The van der Waals surface area contributed by atoms with Crippen molar-refractivity contribution in [1.29, 1.82) is 0 Å². The van der Waals surface area contributed by atoms with E-state index < -0.39 is 0 Å². The molecule has 33 heavy (non-hydrogen) atoms. The van der Waals surface area contributed by atoms with Crippen LogP contribution in [0.25, 0.3) is 10.2 Å². The van der Waals surface area contributed by atoms with Gasteiger partial charge in [-0.1, -0.05) is 36.0 Å². The zero-order valence-corrected chi connectivity index (χ0v) is 20.5. The minimum atomic E-state index is -0.232. The highest BCUT2D eigenvalue weighted by Crippen LogP contribution is 2.31. The number of thiazole rings is 1. The second kappa shape index (κ2) is 10.8. The maximum absolute atomic E-state index is 12.5. The van der Waals surface area contributed by atoms with Crippen molar-refractivity contribution in [3.63, 3.8) is 0 Å². The lowest BCUT2D eigenvalue weighted by Crippen LogP contribution is -2.17. The van der Waals surface area contributed by atoms with Crippen LogP contribution in [-0.4, -0.2) is 35.4 Å². The molecule has 0 atom stereocenters. The molecule has 0 unspecified atom stereocenters. The van der Waals surface area contributed by atoms with Crippen molar-refractivity contribution < 1.29 is 9.53 Å². The first-order chi connectivity index (χ1) is 16.0. The lowest BCUT2D eigenvalue weighted by molar-refractivity contribution is 0.0955. The number of nitrogens with zero attached hydrogens (tertiary/aromatic N) is 3. The van der Waals surface area contributed by atoms with Crippen molar-refractivity contribution in [2.45, 2.75) is 30.5 Å². The fraction of sp³-hybridized carbons (Fsp3) is 0.240. The van der Waals surface area contributed by atoms with Crippen LogP contribution in [0.4, 0.5) is 0 Å². The minimum absolute atomic E-state index is 0.232. The van der Waals surface area contributed by atoms with Crippen LogP contribution >= 0.6 is 23.1 Å². The average molecular weight is 479 g/mol. The van der Waals surface area contributed by atoms with Gasteiger partial charge < -0.3 is 9.30 Å². The third-order valence-electron chi connectivity index (χ3n) is 5.35. The molecule has 0 fully saturated rings. The molecule has 6 nitrogen and oxygen atoms in total. The standard InChI is InChI=1S/C25H26N4O2S2/c1-17-14-21(18(2)29(17)12-13-31-3)15-26-28-24(30)20-10-8-19(9-11-20)16-32-25-27-22-6-4-5-7-23(22)33-25/h4-11,14-15H,12-13,16H2,1-3H3,(H,28,30)/b26-15+. The fourth-order valence-electron chi connectivity index (χ4n) is 3.52. The first-order valence-electron chi connectivity index (χ1n) is 10.6. The van der Waals surface area contributed by atoms with Crippen molar-refractivity contribution in [3.8, 4) is 0 Å². The lowest BCUT2D eigenvalue weighted by Gasteiger charge is -2.08. The van der Waals surface area contributed by atoms with Gasteiger partial charge in [0.15, 0.2) is 4.34 Å². The van der Waals surface area contributed by atoms with E-state index in [4.69, 9.17) is 4.74 Å². The van der Waals surface area contributed by atoms with Gasteiger partial charge in [0.25, 0.3) is 5.91 Å². The average Bonchev–Trinajstić information content (AvgIpc) is 3.36. The third kappa shape index (κ3) is 5.71. The number of hydrogen-bond acceptors (Lipinski definition) is 6. The summed E-state index contributed by atoms with van der Waals surface area (Å²) < 4.78 is 9.60. The summed E-state index contributed by atoms with van der Waals surface area (Å²) in [6.45, 7) is 5.53. The summed E-state index contributed by atoms with van der Waals surface area (Å²) in [5, 5.41) is 4.15. The quantitative estimate of drug-likeness (QED) is 0.198. The van der Waals surface area contributed by atoms with Crippen LogP contribution < -0.4 is 5.43 Å². The third-order valence-corrected chi connectivity index (χ3v) is 7.60. The first kappa shape index (κ1) is 23.2. The van der Waals surface area contributed by atoms with E-state index in [1.807, 2.05) is 49.4 Å². The molecule has 4 aromatic rings. The van der Waals surface area contributed by atoms with Gasteiger partial charge in [-0.15, -0.1) is 11.3 Å². The number of hydrazone groups is 1. The van der Waals surface area contributed by atoms with Gasteiger partial charge in [0, 0.05) is 41.9 Å². The number of thioether (sulfide) groups is 1. The normalized spacial score (nSPS) is 11.5. The predicted octanol–water partition coefficient (Wildman–Crippen LogP) is 5.42. The number of para-hydroxylation sites is 1. The number of nitrogens with one attached hydrogen (secondary N) is 1. The monoisotopic (exact) mass is 478 g/mol. The smallest absolute Gasteiger partial charge is 0.271 e. The largest absolute Gasteiger partial charge is 0.383 e. The predicted molar refractivity (Wildman–Crippen MR) is 136 cm³/mol. The molecule has 0 radical (unpaired) electrons. The Morgan fingerprint density at radius 2 is 2.00 bits per heavy atom. The number of aryl methyl sites for hydroxylation is 1. The topological polar surface area (TPSA) is 68.5 Å². The summed E-state index contributed by atoms with van der Waals surface area (Å²) >= 11 is 3.41. The highest BCUT2D eigenvalue weighted by Gasteiger charge is 2.09. The number of aromatic nitrogens is 2. The van der Waals surface area contributed by atoms with E-state index in [0.717, 1.165) is 44.7 Å². The van der Waals surface area contributed by atoms with Crippen molar-refractivity contribution in [1.82, 2.24) is 15.0 Å². The van der Waals surface area contributed by atoms with Crippen molar-refractivity contribution >= 4 is 45.4 Å². The van der Waals surface area contributed by atoms with Gasteiger partial charge in [-0.2, -0.15) is 5.10 Å². The summed E-state index contributed by atoms with van der Waals surface area (Å²) in [4.78, 5) is 17.1. The second-order valence-corrected chi connectivity index (χ2v) is 9.86. The highest BCUT2D eigenvalue weighted by molar-refractivity contribution is 8.00. The molecule has 0 bridgehead atoms. The molecule has 0 aliphatic carbocycles. The number of fused-ring (bicyclic) bond motifs is 1. The summed E-state index contributed by atoms with van der Waals surface area (Å²) in [7, 11) is 1.69. The van der Waals surface area contributed by atoms with Gasteiger partial charge in [0.05, 0.1) is 23.0 Å². The van der Waals surface area contributed by atoms with Crippen molar-refractivity contribution in [3.05, 3.63) is 82.7 Å². The van der Waals surface area contributed by atoms with E-state index in [1.165, 1.54) is 4.70 Å². The fourth-order valence-corrected chi connectivity index (χ4v) is 5.54. The maximum Gasteiger partial charge on any atom is 0.271 e. The molecule has 4 rings (SSSR count). The highest BCUT2D eigenvalue weighted by atomic mass is 32.2. The van der Waals surface area contributed by atoms with E-state index in [9.17, 15) is 4.79 Å². The SMILES string of the molecule is COCCn1c(C)cc(/C=N/NC(=O)c2ccc(CSc3nc4ccccc4s3)cc2)c1C. The van der Waals surface area contributed by atoms with Gasteiger partial charge in [0.2, 0.25) is 0 Å². The summed E-state index contributed by atoms with van der Waals surface area (Å²) in [5.41, 5.74) is 8.58. The molecular formula is C25H26N4O2S2. The molecular weight excluding hydrogens is 452 g/mol. The molecule has 2 aromatic heterocycles. The molecule has 0 saturated carbocycles. The number of rotatable bonds is 9. The Morgan fingerprint density at radius 1 is 1.21 bits per heavy atom. The van der Waals surface area contributed by atoms with Crippen LogP contribution in [-0.2, 0) is 17.0 Å². The molecule has 1 amide bonds. The molecule has 2 heterocycles. The second-order valence-electron chi connectivity index (χ2n) is 7.60.